The number of benzene rings is 2. The summed E-state index contributed by atoms with van der Waals surface area (Å²) in [6, 6.07) is 15.0. The van der Waals surface area contributed by atoms with E-state index in [-0.39, 0.29) is 18.2 Å². The van der Waals surface area contributed by atoms with Crippen LogP contribution in [0.4, 0.5) is 0 Å². The smallest absolute Gasteiger partial charge is 0.224 e. The normalized spacial score (nSPS) is 10.2. The number of hydrogen-bond acceptors (Lipinski definition) is 4. The Morgan fingerprint density at radius 1 is 1.04 bits per heavy atom. The van der Waals surface area contributed by atoms with E-state index in [1.807, 2.05) is 42.5 Å². The second-order valence-corrected chi connectivity index (χ2v) is 6.19. The number of ether oxygens (including phenoxy) is 2. The van der Waals surface area contributed by atoms with Gasteiger partial charge in [-0.05, 0) is 17.7 Å². The van der Waals surface area contributed by atoms with E-state index in [2.05, 4.69) is 5.32 Å². The molecule has 0 bridgehead atoms. The second kappa shape index (κ2) is 10.2. The van der Waals surface area contributed by atoms with Crippen molar-refractivity contribution in [3.05, 3.63) is 59.7 Å². The highest BCUT2D eigenvalue weighted by Crippen LogP contribution is 2.25. The van der Waals surface area contributed by atoms with Crippen LogP contribution < -0.4 is 14.8 Å². The Balaban J connectivity index is 1.79. The molecule has 0 spiro atoms. The van der Waals surface area contributed by atoms with Crippen LogP contribution in [0.25, 0.3) is 0 Å². The van der Waals surface area contributed by atoms with Gasteiger partial charge in [0.2, 0.25) is 11.8 Å². The number of amides is 2. The summed E-state index contributed by atoms with van der Waals surface area (Å²) >= 11 is 0. The first-order chi connectivity index (χ1) is 13.0. The Hall–Kier alpha value is -3.02. The standard InChI is InChI=1S/C21H26N2O4/c1-23(15-17-9-10-18(26-2)14-19(17)27-3)21(25)11-12-22-20(24)13-16-7-5-4-6-8-16/h4-10,14H,11-13,15H2,1-3H3,(H,22,24). The van der Waals surface area contributed by atoms with Crippen LogP contribution >= 0.6 is 0 Å². The van der Waals surface area contributed by atoms with Crippen LogP contribution in [0.3, 0.4) is 0 Å². The highest BCUT2D eigenvalue weighted by Gasteiger charge is 2.13. The number of nitrogens with one attached hydrogen (secondary N) is 1. The van der Waals surface area contributed by atoms with E-state index >= 15 is 0 Å². The molecule has 0 heterocycles. The molecule has 0 unspecified atom stereocenters. The van der Waals surface area contributed by atoms with Crippen molar-refractivity contribution in [2.24, 2.45) is 0 Å². The summed E-state index contributed by atoms with van der Waals surface area (Å²) in [5, 5.41) is 2.79. The Morgan fingerprint density at radius 3 is 2.44 bits per heavy atom. The molecule has 2 rings (SSSR count). The topological polar surface area (TPSA) is 67.9 Å². The maximum absolute atomic E-state index is 12.3. The fraction of sp³-hybridized carbons (Fsp3) is 0.333. The van der Waals surface area contributed by atoms with Crippen molar-refractivity contribution in [1.82, 2.24) is 10.2 Å². The Labute approximate surface area is 160 Å². The molecule has 0 aromatic heterocycles. The quantitative estimate of drug-likeness (QED) is 0.736. The average molecular weight is 370 g/mol. The highest BCUT2D eigenvalue weighted by atomic mass is 16.5. The Kier molecular flexibility index (Phi) is 7.67. The molecule has 0 radical (unpaired) electrons. The number of rotatable bonds is 9. The molecule has 144 valence electrons. The van der Waals surface area contributed by atoms with E-state index < -0.39 is 0 Å². The molecule has 0 aliphatic heterocycles. The zero-order valence-corrected chi connectivity index (χ0v) is 16.0. The molecule has 2 aromatic rings. The first kappa shape index (κ1) is 20.3. The van der Waals surface area contributed by atoms with Gasteiger partial charge in [-0.2, -0.15) is 0 Å². The zero-order chi connectivity index (χ0) is 19.6. The van der Waals surface area contributed by atoms with Crippen LogP contribution in [-0.4, -0.2) is 44.5 Å². The summed E-state index contributed by atoms with van der Waals surface area (Å²) < 4.78 is 10.5. The van der Waals surface area contributed by atoms with Crippen molar-refractivity contribution in [2.45, 2.75) is 19.4 Å². The zero-order valence-electron chi connectivity index (χ0n) is 16.0. The number of methoxy groups -OCH3 is 2. The minimum atomic E-state index is -0.0894. The second-order valence-electron chi connectivity index (χ2n) is 6.19. The van der Waals surface area contributed by atoms with Crippen molar-refractivity contribution in [1.29, 1.82) is 0 Å². The molecule has 2 amide bonds. The van der Waals surface area contributed by atoms with Gasteiger partial charge < -0.3 is 19.7 Å². The lowest BCUT2D eigenvalue weighted by molar-refractivity contribution is -0.130. The minimum Gasteiger partial charge on any atom is -0.497 e. The largest absolute Gasteiger partial charge is 0.497 e. The average Bonchev–Trinajstić information content (AvgIpc) is 2.68. The Bertz CT molecular complexity index is 762. The monoisotopic (exact) mass is 370 g/mol. The van der Waals surface area contributed by atoms with Crippen LogP contribution in [-0.2, 0) is 22.6 Å². The fourth-order valence-corrected chi connectivity index (χ4v) is 2.67. The lowest BCUT2D eigenvalue weighted by Crippen LogP contribution is -2.32. The molecule has 27 heavy (non-hydrogen) atoms. The Morgan fingerprint density at radius 2 is 1.78 bits per heavy atom. The summed E-state index contributed by atoms with van der Waals surface area (Å²) in [7, 11) is 4.91. The van der Waals surface area contributed by atoms with Gasteiger partial charge in [-0.15, -0.1) is 0 Å². The predicted octanol–water partition coefficient (Wildman–Crippen LogP) is 2.41. The van der Waals surface area contributed by atoms with Gasteiger partial charge in [0, 0.05) is 38.2 Å². The fourth-order valence-electron chi connectivity index (χ4n) is 2.67. The highest BCUT2D eigenvalue weighted by molar-refractivity contribution is 5.80. The van der Waals surface area contributed by atoms with Gasteiger partial charge >= 0.3 is 0 Å². The first-order valence-corrected chi connectivity index (χ1v) is 8.79. The van der Waals surface area contributed by atoms with E-state index in [9.17, 15) is 9.59 Å². The maximum Gasteiger partial charge on any atom is 0.224 e. The minimum absolute atomic E-state index is 0.0483. The number of hydrogen-bond donors (Lipinski definition) is 1. The van der Waals surface area contributed by atoms with Gasteiger partial charge in [-0.3, -0.25) is 9.59 Å². The molecule has 6 nitrogen and oxygen atoms in total. The summed E-state index contributed by atoms with van der Waals surface area (Å²) in [4.78, 5) is 25.9. The summed E-state index contributed by atoms with van der Waals surface area (Å²) in [5.74, 6) is 1.23. The number of carbonyl (C=O) groups is 2. The summed E-state index contributed by atoms with van der Waals surface area (Å²) in [6.07, 6.45) is 0.559. The van der Waals surface area contributed by atoms with Crippen molar-refractivity contribution in [2.75, 3.05) is 27.8 Å². The molecular formula is C21H26N2O4. The van der Waals surface area contributed by atoms with Crippen LogP contribution in [0.1, 0.15) is 17.5 Å². The summed E-state index contributed by atoms with van der Waals surface area (Å²) in [6.45, 7) is 0.735. The molecule has 0 aliphatic carbocycles. The van der Waals surface area contributed by atoms with Gasteiger partial charge in [0.05, 0.1) is 20.6 Å². The van der Waals surface area contributed by atoms with Crippen LogP contribution in [0.15, 0.2) is 48.5 Å². The van der Waals surface area contributed by atoms with Crippen LogP contribution in [0.2, 0.25) is 0 Å². The first-order valence-electron chi connectivity index (χ1n) is 8.79. The molecule has 0 saturated heterocycles. The third-order valence-corrected chi connectivity index (χ3v) is 4.20. The number of carbonyl (C=O) groups excluding carboxylic acids is 2. The summed E-state index contributed by atoms with van der Waals surface area (Å²) in [5.41, 5.74) is 1.84. The van der Waals surface area contributed by atoms with E-state index in [0.29, 0.717) is 31.0 Å². The molecule has 0 aliphatic rings. The molecule has 6 heteroatoms. The third kappa shape index (κ3) is 6.33. The van der Waals surface area contributed by atoms with Crippen LogP contribution in [0.5, 0.6) is 11.5 Å². The van der Waals surface area contributed by atoms with Gasteiger partial charge in [0.1, 0.15) is 11.5 Å². The van der Waals surface area contributed by atoms with E-state index in [1.54, 1.807) is 32.2 Å². The maximum atomic E-state index is 12.3. The van der Waals surface area contributed by atoms with E-state index in [4.69, 9.17) is 9.47 Å². The van der Waals surface area contributed by atoms with Gasteiger partial charge in [0.25, 0.3) is 0 Å². The van der Waals surface area contributed by atoms with Crippen molar-refractivity contribution in [3.63, 3.8) is 0 Å². The molecule has 1 N–H and O–H groups in total. The SMILES string of the molecule is COc1ccc(CN(C)C(=O)CCNC(=O)Cc2ccccc2)c(OC)c1. The third-order valence-electron chi connectivity index (χ3n) is 4.20. The van der Waals surface area contributed by atoms with E-state index in [0.717, 1.165) is 11.1 Å². The molecule has 0 atom stereocenters. The molecule has 2 aromatic carbocycles. The lowest BCUT2D eigenvalue weighted by Gasteiger charge is -2.19. The molecular weight excluding hydrogens is 344 g/mol. The van der Waals surface area contributed by atoms with Gasteiger partial charge in [-0.25, -0.2) is 0 Å². The lowest BCUT2D eigenvalue weighted by atomic mass is 10.1. The van der Waals surface area contributed by atoms with Crippen molar-refractivity contribution >= 4 is 11.8 Å². The van der Waals surface area contributed by atoms with E-state index in [1.165, 1.54) is 0 Å². The van der Waals surface area contributed by atoms with Crippen molar-refractivity contribution in [3.8, 4) is 11.5 Å². The van der Waals surface area contributed by atoms with Gasteiger partial charge in [0.15, 0.2) is 0 Å². The van der Waals surface area contributed by atoms with Gasteiger partial charge in [-0.1, -0.05) is 30.3 Å². The van der Waals surface area contributed by atoms with Crippen molar-refractivity contribution < 1.29 is 19.1 Å². The van der Waals surface area contributed by atoms with Crippen LogP contribution in [0, 0.1) is 0 Å². The number of nitrogens with zero attached hydrogens (tertiary/aromatic N) is 1. The molecule has 0 fully saturated rings. The predicted molar refractivity (Wildman–Crippen MR) is 104 cm³/mol. The molecule has 0 saturated carbocycles.